The fourth-order valence-corrected chi connectivity index (χ4v) is 5.20. The molecule has 0 atom stereocenters. The quantitative estimate of drug-likeness (QED) is 0.347. The maximum absolute atomic E-state index is 11.4. The minimum absolute atomic E-state index is 0.0324. The molecule has 0 aliphatic carbocycles. The molecule has 0 fully saturated rings. The van der Waals surface area contributed by atoms with Crippen molar-refractivity contribution in [1.82, 2.24) is 9.97 Å². The van der Waals surface area contributed by atoms with Gasteiger partial charge in [0.15, 0.2) is 5.13 Å². The van der Waals surface area contributed by atoms with E-state index in [1.807, 2.05) is 11.4 Å². The first-order valence-corrected chi connectivity index (χ1v) is 12.3. The lowest BCUT2D eigenvalue weighted by Crippen LogP contribution is -2.11. The summed E-state index contributed by atoms with van der Waals surface area (Å²) >= 11 is 14.9. The van der Waals surface area contributed by atoms with Crippen molar-refractivity contribution >= 4 is 72.5 Å². The van der Waals surface area contributed by atoms with E-state index in [4.69, 9.17) is 34.1 Å². The second-order valence-electron chi connectivity index (χ2n) is 6.09. The first-order chi connectivity index (χ1) is 14.2. The van der Waals surface area contributed by atoms with Crippen LogP contribution in [0.1, 0.15) is 0 Å². The zero-order valence-corrected chi connectivity index (χ0v) is 18.9. The summed E-state index contributed by atoms with van der Waals surface area (Å²) in [7, 11) is -3.74. The summed E-state index contributed by atoms with van der Waals surface area (Å²) in [4.78, 5) is 9.74. The van der Waals surface area contributed by atoms with Crippen molar-refractivity contribution in [2.24, 2.45) is 5.14 Å². The molecule has 0 aliphatic heterocycles. The largest absolute Gasteiger partial charge is 0.382 e. The molecule has 2 heterocycles. The van der Waals surface area contributed by atoms with Crippen molar-refractivity contribution < 1.29 is 8.42 Å². The number of sulfonamides is 1. The number of thiazole rings is 2. The lowest BCUT2D eigenvalue weighted by Gasteiger charge is -2.03. The van der Waals surface area contributed by atoms with E-state index < -0.39 is 10.0 Å². The van der Waals surface area contributed by atoms with Crippen LogP contribution >= 0.6 is 45.9 Å². The maximum atomic E-state index is 11.4. The third-order valence-corrected chi connectivity index (χ3v) is 7.65. The van der Waals surface area contributed by atoms with E-state index in [1.54, 1.807) is 24.3 Å². The molecule has 2 aromatic heterocycles. The highest BCUT2D eigenvalue weighted by Gasteiger charge is 2.16. The minimum atomic E-state index is -3.74. The number of benzene rings is 2. The van der Waals surface area contributed by atoms with Gasteiger partial charge in [0.1, 0.15) is 15.7 Å². The summed E-state index contributed by atoms with van der Waals surface area (Å²) in [6.07, 6.45) is 0. The van der Waals surface area contributed by atoms with E-state index in [2.05, 4.69) is 15.3 Å². The third-order valence-electron chi connectivity index (χ3n) is 4.00. The zero-order valence-electron chi connectivity index (χ0n) is 15.0. The lowest BCUT2D eigenvalue weighted by molar-refractivity contribution is 0.598. The van der Waals surface area contributed by atoms with Crippen molar-refractivity contribution in [2.75, 3.05) is 11.1 Å². The Hall–Kier alpha value is -2.21. The summed E-state index contributed by atoms with van der Waals surface area (Å²) in [6.45, 7) is 0. The second kappa shape index (κ2) is 8.14. The van der Waals surface area contributed by atoms with Crippen LogP contribution in [-0.2, 0) is 10.0 Å². The van der Waals surface area contributed by atoms with Gasteiger partial charge in [0.2, 0.25) is 10.0 Å². The summed E-state index contributed by atoms with van der Waals surface area (Å²) in [6, 6.07) is 11.4. The van der Waals surface area contributed by atoms with Crippen LogP contribution in [-0.4, -0.2) is 18.4 Å². The Morgan fingerprint density at radius 3 is 2.40 bits per heavy atom. The Morgan fingerprint density at radius 2 is 1.73 bits per heavy atom. The van der Waals surface area contributed by atoms with Gasteiger partial charge < -0.3 is 11.1 Å². The number of nitrogen functional groups attached to an aromatic ring is 1. The van der Waals surface area contributed by atoms with Crippen molar-refractivity contribution in [3.05, 3.63) is 57.9 Å². The van der Waals surface area contributed by atoms with Crippen LogP contribution in [0.4, 0.5) is 16.6 Å². The van der Waals surface area contributed by atoms with Gasteiger partial charge in [0.25, 0.3) is 0 Å². The topological polar surface area (TPSA) is 124 Å². The first-order valence-electron chi connectivity index (χ1n) is 8.28. The average molecular weight is 498 g/mol. The molecule has 0 unspecified atom stereocenters. The van der Waals surface area contributed by atoms with Crippen LogP contribution in [0.5, 0.6) is 0 Å². The molecule has 4 rings (SSSR count). The number of rotatable bonds is 5. The van der Waals surface area contributed by atoms with Crippen molar-refractivity contribution in [1.29, 1.82) is 0 Å². The Balaban J connectivity index is 1.57. The normalized spacial score (nSPS) is 11.6. The van der Waals surface area contributed by atoms with Gasteiger partial charge in [-0.3, -0.25) is 0 Å². The van der Waals surface area contributed by atoms with Crippen LogP contribution in [0, 0.1) is 0 Å². The average Bonchev–Trinajstić information content (AvgIpc) is 3.30. The van der Waals surface area contributed by atoms with E-state index >= 15 is 0 Å². The van der Waals surface area contributed by atoms with Gasteiger partial charge in [-0.15, -0.1) is 11.3 Å². The molecule has 0 aliphatic rings. The zero-order chi connectivity index (χ0) is 21.5. The molecule has 0 spiro atoms. The van der Waals surface area contributed by atoms with E-state index in [0.717, 1.165) is 21.1 Å². The number of hydrogen-bond acceptors (Lipinski definition) is 8. The van der Waals surface area contributed by atoms with Gasteiger partial charge in [-0.25, -0.2) is 23.5 Å². The van der Waals surface area contributed by atoms with Gasteiger partial charge in [-0.2, -0.15) is 0 Å². The number of nitrogens with one attached hydrogen (secondary N) is 1. The number of hydrogen-bond donors (Lipinski definition) is 3. The highest BCUT2D eigenvalue weighted by atomic mass is 35.5. The predicted octanol–water partition coefficient (Wildman–Crippen LogP) is 5.21. The van der Waals surface area contributed by atoms with Gasteiger partial charge in [-0.05, 0) is 36.4 Å². The molecule has 4 aromatic rings. The van der Waals surface area contributed by atoms with Gasteiger partial charge in [0, 0.05) is 16.6 Å². The van der Waals surface area contributed by atoms with E-state index in [1.165, 1.54) is 34.8 Å². The van der Waals surface area contributed by atoms with Crippen molar-refractivity contribution in [2.45, 2.75) is 4.90 Å². The molecule has 154 valence electrons. The van der Waals surface area contributed by atoms with Crippen LogP contribution in [0.25, 0.3) is 21.1 Å². The standard InChI is InChI=1S/C18H13Cl2N5O2S3/c19-12-6-1-9(7-13(12)20)14-8-28-17(24-14)15-16(21)25-18(29-15)23-10-2-4-11(5-3-10)30(22,26)27/h1-8H,21H2,(H,23,25)(H2,22,26,27). The van der Waals surface area contributed by atoms with E-state index in [9.17, 15) is 8.42 Å². The Morgan fingerprint density at radius 1 is 1.00 bits per heavy atom. The molecule has 0 saturated heterocycles. The highest BCUT2D eigenvalue weighted by Crippen LogP contribution is 2.39. The van der Waals surface area contributed by atoms with Gasteiger partial charge in [-0.1, -0.05) is 40.6 Å². The molecule has 2 aromatic carbocycles. The first kappa shape index (κ1) is 21.0. The fourth-order valence-electron chi connectivity index (χ4n) is 2.56. The predicted molar refractivity (Wildman–Crippen MR) is 124 cm³/mol. The Bertz CT molecular complexity index is 1330. The fraction of sp³-hybridized carbons (Fsp3) is 0. The molecule has 0 radical (unpaired) electrons. The number of nitrogens with two attached hydrogens (primary N) is 2. The van der Waals surface area contributed by atoms with Crippen LogP contribution < -0.4 is 16.2 Å². The van der Waals surface area contributed by atoms with E-state index in [-0.39, 0.29) is 4.90 Å². The number of aromatic nitrogens is 2. The minimum Gasteiger partial charge on any atom is -0.382 e. The number of nitrogens with zero attached hydrogens (tertiary/aromatic N) is 2. The van der Waals surface area contributed by atoms with Crippen molar-refractivity contribution in [3.8, 4) is 21.1 Å². The monoisotopic (exact) mass is 497 g/mol. The molecule has 7 nitrogen and oxygen atoms in total. The molecular weight excluding hydrogens is 485 g/mol. The summed E-state index contributed by atoms with van der Waals surface area (Å²) in [5.74, 6) is 0.346. The molecule has 0 bridgehead atoms. The van der Waals surface area contributed by atoms with Crippen LogP contribution in [0.15, 0.2) is 52.7 Å². The second-order valence-corrected chi connectivity index (χ2v) is 10.3. The molecule has 12 heteroatoms. The molecule has 0 amide bonds. The molecular formula is C18H13Cl2N5O2S3. The van der Waals surface area contributed by atoms with Crippen molar-refractivity contribution in [3.63, 3.8) is 0 Å². The highest BCUT2D eigenvalue weighted by molar-refractivity contribution is 7.89. The van der Waals surface area contributed by atoms with Gasteiger partial charge in [0.05, 0.1) is 20.6 Å². The molecule has 5 N–H and O–H groups in total. The van der Waals surface area contributed by atoms with Gasteiger partial charge >= 0.3 is 0 Å². The Kier molecular flexibility index (Phi) is 5.71. The maximum Gasteiger partial charge on any atom is 0.238 e. The van der Waals surface area contributed by atoms with Crippen LogP contribution in [0.3, 0.4) is 0 Å². The smallest absolute Gasteiger partial charge is 0.238 e. The summed E-state index contributed by atoms with van der Waals surface area (Å²) in [5.41, 5.74) is 8.35. The molecule has 30 heavy (non-hydrogen) atoms. The summed E-state index contributed by atoms with van der Waals surface area (Å²) < 4.78 is 22.7. The molecule has 0 saturated carbocycles. The Labute approximate surface area is 190 Å². The number of halogens is 2. The summed E-state index contributed by atoms with van der Waals surface area (Å²) in [5, 5.41) is 12.3. The lowest BCUT2D eigenvalue weighted by atomic mass is 10.2. The number of primary sulfonamides is 1. The van der Waals surface area contributed by atoms with Crippen LogP contribution in [0.2, 0.25) is 10.0 Å². The third kappa shape index (κ3) is 4.43. The SMILES string of the molecule is Nc1nc(Nc2ccc(S(N)(=O)=O)cc2)sc1-c1nc(-c2ccc(Cl)c(Cl)c2)cs1. The number of anilines is 3. The van der Waals surface area contributed by atoms with E-state index in [0.29, 0.717) is 26.7 Å².